The molecule has 0 aliphatic carbocycles. The minimum atomic E-state index is -1.56. The second-order valence-electron chi connectivity index (χ2n) is 4.45. The molecule has 2 rings (SSSR count). The summed E-state index contributed by atoms with van der Waals surface area (Å²) in [5.41, 5.74) is -2.73. The van der Waals surface area contributed by atoms with Crippen LogP contribution < -0.4 is 11.2 Å². The molecule has 0 spiro atoms. The zero-order valence-corrected chi connectivity index (χ0v) is 12.7. The van der Waals surface area contributed by atoms with Crippen LogP contribution in [0.15, 0.2) is 22.4 Å². The van der Waals surface area contributed by atoms with E-state index in [1.54, 1.807) is 22.6 Å². The van der Waals surface area contributed by atoms with E-state index in [1.807, 2.05) is 0 Å². The molecule has 1 aromatic heterocycles. The first-order chi connectivity index (χ1) is 9.79. The Morgan fingerprint density at radius 1 is 1.43 bits per heavy atom. The zero-order valence-electron chi connectivity index (χ0n) is 10.5. The summed E-state index contributed by atoms with van der Waals surface area (Å²) in [4.78, 5) is 22.7. The van der Waals surface area contributed by atoms with E-state index in [0.717, 1.165) is 6.20 Å². The smallest absolute Gasteiger partial charge is 0.362 e. The predicted molar refractivity (Wildman–Crippen MR) is 77.5 cm³/mol. The molecule has 1 saturated heterocycles. The Balaban J connectivity index is 2.58. The predicted octanol–water partition coefficient (Wildman–Crippen LogP) is -1.24. The fraction of sp³-hybridized carbons (Fsp3) is 0.455. The Morgan fingerprint density at radius 2 is 2.05 bits per heavy atom. The summed E-state index contributed by atoms with van der Waals surface area (Å²) >= 11 is 1.68. The molecule has 0 saturated carbocycles. The Hall–Kier alpha value is -1.08. The summed E-state index contributed by atoms with van der Waals surface area (Å²) in [5, 5.41) is 28.5. The second kappa shape index (κ2) is 5.96. The number of halogens is 2. The molecule has 10 heteroatoms. The Kier molecular flexibility index (Phi) is 4.63. The van der Waals surface area contributed by atoms with Crippen LogP contribution >= 0.6 is 22.6 Å². The third-order valence-corrected chi connectivity index (χ3v) is 3.73. The average molecular weight is 414 g/mol. The van der Waals surface area contributed by atoms with Crippen molar-refractivity contribution in [3.05, 3.63) is 39.2 Å². The van der Waals surface area contributed by atoms with Gasteiger partial charge in [-0.15, -0.1) is 0 Å². The first-order valence-electron chi connectivity index (χ1n) is 5.81. The SMILES string of the molecule is C=C(I)c1cn([C@@H]2O[C@H](CO)[C@@H](O)[C@H]2O)c(=O)n(F)c1=O. The van der Waals surface area contributed by atoms with E-state index in [0.29, 0.717) is 4.57 Å². The lowest BCUT2D eigenvalue weighted by atomic mass is 10.1. The van der Waals surface area contributed by atoms with Gasteiger partial charge in [-0.2, -0.15) is 0 Å². The van der Waals surface area contributed by atoms with Crippen LogP contribution in [0.5, 0.6) is 0 Å². The van der Waals surface area contributed by atoms with Crippen LogP contribution in [0.3, 0.4) is 0 Å². The highest BCUT2D eigenvalue weighted by Crippen LogP contribution is 2.28. The topological polar surface area (TPSA) is 114 Å². The van der Waals surface area contributed by atoms with Crippen molar-refractivity contribution in [2.45, 2.75) is 24.5 Å². The van der Waals surface area contributed by atoms with Crippen LogP contribution in [0.1, 0.15) is 11.8 Å². The molecule has 0 bridgehead atoms. The quantitative estimate of drug-likeness (QED) is 0.534. The summed E-state index contributed by atoms with van der Waals surface area (Å²) < 4.78 is 19.6. The number of hydrogen-bond acceptors (Lipinski definition) is 6. The van der Waals surface area contributed by atoms with Gasteiger partial charge in [-0.05, 0) is 22.6 Å². The molecule has 1 aliphatic rings. The number of aliphatic hydroxyl groups is 3. The summed E-state index contributed by atoms with van der Waals surface area (Å²) in [6.07, 6.45) is -4.56. The molecule has 116 valence electrons. The van der Waals surface area contributed by atoms with Crippen LogP contribution in [0.25, 0.3) is 3.58 Å². The molecule has 1 fully saturated rings. The monoisotopic (exact) mass is 414 g/mol. The standard InChI is InChI=1S/C11H12FIN2O6/c1-4(13)5-2-14(11(20)15(12)9(5)19)10-8(18)7(17)6(3-16)21-10/h2,6-8,10,16-18H,1,3H2/t6-,7-,8-,10-/m1/s1. The maximum absolute atomic E-state index is 13.6. The van der Waals surface area contributed by atoms with E-state index < -0.39 is 47.2 Å². The lowest BCUT2D eigenvalue weighted by molar-refractivity contribution is -0.0565. The number of aromatic nitrogens is 2. The summed E-state index contributed by atoms with van der Waals surface area (Å²) in [6.45, 7) is 2.90. The summed E-state index contributed by atoms with van der Waals surface area (Å²) in [6, 6.07) is 0. The minimum absolute atomic E-state index is 0.185. The molecule has 2 heterocycles. The van der Waals surface area contributed by atoms with Crippen molar-refractivity contribution in [2.24, 2.45) is 0 Å². The van der Waals surface area contributed by atoms with E-state index in [-0.39, 0.29) is 9.14 Å². The van der Waals surface area contributed by atoms with Crippen LogP contribution in [0.4, 0.5) is 4.48 Å². The normalized spacial score (nSPS) is 28.8. The van der Waals surface area contributed by atoms with E-state index in [2.05, 4.69) is 6.58 Å². The van der Waals surface area contributed by atoms with E-state index in [4.69, 9.17) is 9.84 Å². The molecule has 0 aromatic carbocycles. The first kappa shape index (κ1) is 16.3. The van der Waals surface area contributed by atoms with E-state index in [9.17, 15) is 24.3 Å². The molecule has 1 aliphatic heterocycles. The van der Waals surface area contributed by atoms with Gasteiger partial charge in [0, 0.05) is 9.78 Å². The summed E-state index contributed by atoms with van der Waals surface area (Å²) in [7, 11) is 0. The molecule has 0 amide bonds. The highest BCUT2D eigenvalue weighted by Gasteiger charge is 2.44. The van der Waals surface area contributed by atoms with Crippen molar-refractivity contribution in [1.82, 2.24) is 9.36 Å². The largest absolute Gasteiger partial charge is 0.394 e. The molecule has 0 unspecified atom stereocenters. The fourth-order valence-corrected chi connectivity index (χ4v) is 2.39. The highest BCUT2D eigenvalue weighted by atomic mass is 127. The Labute approximate surface area is 130 Å². The highest BCUT2D eigenvalue weighted by molar-refractivity contribution is 14.1. The lowest BCUT2D eigenvalue weighted by Crippen LogP contribution is -2.42. The van der Waals surface area contributed by atoms with E-state index >= 15 is 0 Å². The molecular formula is C11H12FIN2O6. The number of aliphatic hydroxyl groups excluding tert-OH is 3. The number of ether oxygens (including phenoxy) is 1. The van der Waals surface area contributed by atoms with Gasteiger partial charge < -0.3 is 20.1 Å². The third kappa shape index (κ3) is 2.68. The van der Waals surface area contributed by atoms with Crippen LogP contribution in [-0.2, 0) is 4.74 Å². The van der Waals surface area contributed by atoms with Crippen molar-refractivity contribution in [1.29, 1.82) is 0 Å². The van der Waals surface area contributed by atoms with Crippen LogP contribution in [0.2, 0.25) is 0 Å². The van der Waals surface area contributed by atoms with Gasteiger partial charge in [-0.25, -0.2) is 4.79 Å². The second-order valence-corrected chi connectivity index (χ2v) is 5.75. The number of nitrogens with zero attached hydrogens (tertiary/aromatic N) is 2. The zero-order chi connectivity index (χ0) is 15.9. The molecule has 1 aromatic rings. The van der Waals surface area contributed by atoms with Gasteiger partial charge in [-0.1, -0.05) is 15.8 Å². The number of rotatable bonds is 3. The van der Waals surface area contributed by atoms with Gasteiger partial charge in [0.25, 0.3) is 5.56 Å². The maximum atomic E-state index is 13.6. The third-order valence-electron chi connectivity index (χ3n) is 3.15. The molecule has 4 atom stereocenters. The van der Waals surface area contributed by atoms with Crippen molar-refractivity contribution >= 4 is 26.2 Å². The van der Waals surface area contributed by atoms with Gasteiger partial charge >= 0.3 is 5.69 Å². The van der Waals surface area contributed by atoms with Gasteiger partial charge in [0.1, 0.15) is 18.3 Å². The van der Waals surface area contributed by atoms with Gasteiger partial charge in [-0.3, -0.25) is 9.36 Å². The Morgan fingerprint density at radius 3 is 2.52 bits per heavy atom. The van der Waals surface area contributed by atoms with E-state index in [1.165, 1.54) is 0 Å². The average Bonchev–Trinajstić information content (AvgIpc) is 2.72. The molecule has 0 radical (unpaired) electrons. The van der Waals surface area contributed by atoms with Crippen LogP contribution in [-0.4, -0.2) is 49.6 Å². The van der Waals surface area contributed by atoms with Crippen molar-refractivity contribution in [3.63, 3.8) is 0 Å². The lowest BCUT2D eigenvalue weighted by Gasteiger charge is -2.18. The fourth-order valence-electron chi connectivity index (χ4n) is 2.02. The Bertz CT molecular complexity index is 686. The van der Waals surface area contributed by atoms with Crippen LogP contribution in [0, 0.1) is 0 Å². The summed E-state index contributed by atoms with van der Waals surface area (Å²) in [5.74, 6) is 0. The molecule has 3 N–H and O–H groups in total. The molecule has 21 heavy (non-hydrogen) atoms. The van der Waals surface area contributed by atoms with Crippen molar-refractivity contribution in [3.8, 4) is 0 Å². The van der Waals surface area contributed by atoms with Gasteiger partial charge in [0.05, 0.1) is 12.2 Å². The first-order valence-corrected chi connectivity index (χ1v) is 6.89. The molecular weight excluding hydrogens is 402 g/mol. The van der Waals surface area contributed by atoms with Gasteiger partial charge in [0.15, 0.2) is 6.23 Å². The van der Waals surface area contributed by atoms with Crippen molar-refractivity contribution < 1.29 is 24.5 Å². The maximum Gasteiger partial charge on any atom is 0.362 e. The molecule has 8 nitrogen and oxygen atoms in total. The van der Waals surface area contributed by atoms with Crippen molar-refractivity contribution in [2.75, 3.05) is 6.61 Å². The van der Waals surface area contributed by atoms with Gasteiger partial charge in [0.2, 0.25) is 0 Å². The number of hydrogen-bond donors (Lipinski definition) is 3. The minimum Gasteiger partial charge on any atom is -0.394 e.